The second-order valence-electron chi connectivity index (χ2n) is 5.90. The maximum atomic E-state index is 13.1. The first-order valence-electron chi connectivity index (χ1n) is 8.09. The lowest BCUT2D eigenvalue weighted by atomic mass is 9.93. The number of nitrogens with zero attached hydrogens (tertiary/aromatic N) is 2. The number of hydrogen-bond acceptors (Lipinski definition) is 5. The van der Waals surface area contributed by atoms with Crippen LogP contribution >= 0.6 is 22.9 Å². The van der Waals surface area contributed by atoms with E-state index in [9.17, 15) is 14.7 Å². The van der Waals surface area contributed by atoms with Gasteiger partial charge in [-0.25, -0.2) is 4.98 Å². The predicted octanol–water partition coefficient (Wildman–Crippen LogP) is 4.58. The summed E-state index contributed by atoms with van der Waals surface area (Å²) in [5, 5.41) is 13.2. The fraction of sp³-hybridized carbons (Fsp3) is 0.0500. The van der Waals surface area contributed by atoms with Gasteiger partial charge in [0.05, 0.1) is 11.6 Å². The molecule has 134 valence electrons. The Hall–Kier alpha value is -2.96. The molecule has 0 saturated carbocycles. The number of carbonyl (C=O) groups is 2. The van der Waals surface area contributed by atoms with Gasteiger partial charge in [-0.1, -0.05) is 54.1 Å². The Bertz CT molecular complexity index is 1030. The molecule has 5 nitrogen and oxygen atoms in total. The average molecular weight is 397 g/mol. The zero-order chi connectivity index (χ0) is 19.0. The van der Waals surface area contributed by atoms with Crippen molar-refractivity contribution >= 4 is 39.8 Å². The van der Waals surface area contributed by atoms with Gasteiger partial charge in [0.15, 0.2) is 16.7 Å². The van der Waals surface area contributed by atoms with Crippen molar-refractivity contribution < 1.29 is 14.7 Å². The van der Waals surface area contributed by atoms with E-state index < -0.39 is 23.5 Å². The van der Waals surface area contributed by atoms with Crippen molar-refractivity contribution in [3.63, 3.8) is 0 Å². The third-order valence-electron chi connectivity index (χ3n) is 4.30. The van der Waals surface area contributed by atoms with Crippen molar-refractivity contribution in [3.8, 4) is 0 Å². The van der Waals surface area contributed by atoms with Crippen molar-refractivity contribution in [2.75, 3.05) is 4.90 Å². The molecule has 2 aromatic carbocycles. The van der Waals surface area contributed by atoms with Gasteiger partial charge >= 0.3 is 0 Å². The minimum atomic E-state index is -0.784. The number of aliphatic hydroxyl groups excluding tert-OH is 1. The summed E-state index contributed by atoms with van der Waals surface area (Å²) in [6, 6.07) is 14.6. The molecule has 1 aliphatic rings. The molecule has 0 radical (unpaired) electrons. The molecule has 3 aromatic rings. The van der Waals surface area contributed by atoms with E-state index in [1.54, 1.807) is 66.2 Å². The summed E-state index contributed by atoms with van der Waals surface area (Å²) in [6.07, 6.45) is 1.57. The largest absolute Gasteiger partial charge is 0.503 e. The number of amides is 1. The molecule has 1 amide bonds. The van der Waals surface area contributed by atoms with Gasteiger partial charge in [0, 0.05) is 22.2 Å². The highest BCUT2D eigenvalue weighted by Crippen LogP contribution is 2.42. The molecule has 7 heteroatoms. The molecule has 1 aromatic heterocycles. The van der Waals surface area contributed by atoms with Crippen LogP contribution in [0.4, 0.5) is 5.13 Å². The number of ketones is 1. The fourth-order valence-corrected chi connectivity index (χ4v) is 3.87. The number of aromatic nitrogens is 1. The summed E-state index contributed by atoms with van der Waals surface area (Å²) in [5.41, 5.74) is 1.09. The first-order valence-corrected chi connectivity index (χ1v) is 9.35. The van der Waals surface area contributed by atoms with E-state index >= 15 is 0 Å². The van der Waals surface area contributed by atoms with Crippen LogP contribution in [0.1, 0.15) is 22.0 Å². The number of carbonyl (C=O) groups excluding carboxylic acids is 2. The lowest BCUT2D eigenvalue weighted by molar-refractivity contribution is -0.117. The predicted molar refractivity (Wildman–Crippen MR) is 104 cm³/mol. The lowest BCUT2D eigenvalue weighted by Gasteiger charge is -2.24. The third-order valence-corrected chi connectivity index (χ3v) is 5.32. The summed E-state index contributed by atoms with van der Waals surface area (Å²) in [6.45, 7) is 0. The SMILES string of the molecule is O=C(C1=C(O)C(=O)N(c2nccs2)C1c1ccc(Cl)cc1)c1ccccc1. The summed E-state index contributed by atoms with van der Waals surface area (Å²) in [7, 11) is 0. The maximum absolute atomic E-state index is 13.1. The molecule has 1 atom stereocenters. The number of aliphatic hydroxyl groups is 1. The van der Waals surface area contributed by atoms with Gasteiger partial charge in [-0.2, -0.15) is 0 Å². The molecule has 0 fully saturated rings. The molecule has 0 spiro atoms. The third kappa shape index (κ3) is 3.03. The van der Waals surface area contributed by atoms with Crippen LogP contribution in [0.25, 0.3) is 0 Å². The summed E-state index contributed by atoms with van der Waals surface area (Å²) in [4.78, 5) is 31.5. The first-order chi connectivity index (χ1) is 13.1. The highest BCUT2D eigenvalue weighted by Gasteiger charge is 2.45. The quantitative estimate of drug-likeness (QED) is 0.655. The van der Waals surface area contributed by atoms with E-state index in [-0.39, 0.29) is 5.57 Å². The smallest absolute Gasteiger partial charge is 0.296 e. The van der Waals surface area contributed by atoms with Crippen LogP contribution in [-0.2, 0) is 4.79 Å². The minimum Gasteiger partial charge on any atom is -0.503 e. The Balaban J connectivity index is 1.87. The van der Waals surface area contributed by atoms with Gasteiger partial charge < -0.3 is 5.11 Å². The minimum absolute atomic E-state index is 0.0312. The van der Waals surface area contributed by atoms with E-state index in [4.69, 9.17) is 11.6 Å². The van der Waals surface area contributed by atoms with Gasteiger partial charge in [-0.05, 0) is 17.7 Å². The number of thiazole rings is 1. The van der Waals surface area contributed by atoms with Crippen LogP contribution in [0.5, 0.6) is 0 Å². The summed E-state index contributed by atoms with van der Waals surface area (Å²) in [5.74, 6) is -1.61. The van der Waals surface area contributed by atoms with Crippen LogP contribution in [0, 0.1) is 0 Å². The van der Waals surface area contributed by atoms with Crippen molar-refractivity contribution in [1.82, 2.24) is 4.98 Å². The Labute approximate surface area is 164 Å². The second-order valence-corrected chi connectivity index (χ2v) is 7.21. The standard InChI is InChI=1S/C20H13ClN2O3S/c21-14-8-6-12(7-9-14)16-15(17(24)13-4-2-1-3-5-13)18(25)19(26)23(16)20-22-10-11-27-20/h1-11,16,25H. The van der Waals surface area contributed by atoms with E-state index in [0.717, 1.165) is 0 Å². The van der Waals surface area contributed by atoms with Crippen LogP contribution in [0.3, 0.4) is 0 Å². The first kappa shape index (κ1) is 17.5. The molecule has 27 heavy (non-hydrogen) atoms. The fourth-order valence-electron chi connectivity index (χ4n) is 3.07. The normalized spacial score (nSPS) is 16.9. The number of hydrogen-bond donors (Lipinski definition) is 1. The highest BCUT2D eigenvalue weighted by atomic mass is 35.5. The Kier molecular flexibility index (Phi) is 4.51. The van der Waals surface area contributed by atoms with Crippen molar-refractivity contribution in [3.05, 3.63) is 93.7 Å². The van der Waals surface area contributed by atoms with Gasteiger partial charge in [-0.15, -0.1) is 11.3 Å². The van der Waals surface area contributed by atoms with Crippen LogP contribution < -0.4 is 4.90 Å². The van der Waals surface area contributed by atoms with E-state index in [0.29, 0.717) is 21.3 Å². The van der Waals surface area contributed by atoms with Crippen LogP contribution in [0.2, 0.25) is 5.02 Å². The number of halogens is 1. The second kappa shape index (κ2) is 6.98. The molecule has 1 aliphatic heterocycles. The van der Waals surface area contributed by atoms with E-state index in [1.165, 1.54) is 16.2 Å². The van der Waals surface area contributed by atoms with E-state index in [2.05, 4.69) is 4.98 Å². The summed E-state index contributed by atoms with van der Waals surface area (Å²) < 4.78 is 0. The average Bonchev–Trinajstić information content (AvgIpc) is 3.30. The lowest BCUT2D eigenvalue weighted by Crippen LogP contribution is -2.30. The van der Waals surface area contributed by atoms with Crippen molar-refractivity contribution in [1.29, 1.82) is 0 Å². The molecule has 0 bridgehead atoms. The molecule has 1 unspecified atom stereocenters. The van der Waals surface area contributed by atoms with E-state index in [1.807, 2.05) is 0 Å². The summed E-state index contributed by atoms with van der Waals surface area (Å²) >= 11 is 7.24. The molecule has 4 rings (SSSR count). The number of benzene rings is 2. The van der Waals surface area contributed by atoms with Gasteiger partial charge in [0.2, 0.25) is 0 Å². The molecular weight excluding hydrogens is 384 g/mol. The monoisotopic (exact) mass is 396 g/mol. The number of Topliss-reactive ketones (excluding diaryl/α,β-unsaturated/α-hetero) is 1. The molecule has 0 saturated heterocycles. The van der Waals surface area contributed by atoms with Gasteiger partial charge in [-0.3, -0.25) is 14.5 Å². The van der Waals surface area contributed by atoms with Gasteiger partial charge in [0.1, 0.15) is 0 Å². The topological polar surface area (TPSA) is 70.5 Å². The zero-order valence-corrected chi connectivity index (χ0v) is 15.4. The Morgan fingerprint density at radius 2 is 1.81 bits per heavy atom. The molecule has 1 N–H and O–H groups in total. The number of anilines is 1. The van der Waals surface area contributed by atoms with Crippen molar-refractivity contribution in [2.45, 2.75) is 6.04 Å². The highest BCUT2D eigenvalue weighted by molar-refractivity contribution is 7.13. The molecule has 0 aliphatic carbocycles. The maximum Gasteiger partial charge on any atom is 0.296 e. The van der Waals surface area contributed by atoms with Crippen LogP contribution in [-0.4, -0.2) is 21.8 Å². The van der Waals surface area contributed by atoms with Crippen LogP contribution in [0.15, 0.2) is 77.5 Å². The van der Waals surface area contributed by atoms with Gasteiger partial charge in [0.25, 0.3) is 5.91 Å². The Morgan fingerprint density at radius 1 is 1.11 bits per heavy atom. The molecule has 2 heterocycles. The molecular formula is C20H13ClN2O3S. The Morgan fingerprint density at radius 3 is 2.44 bits per heavy atom. The zero-order valence-electron chi connectivity index (χ0n) is 13.9. The number of rotatable bonds is 4. The van der Waals surface area contributed by atoms with Crippen molar-refractivity contribution in [2.24, 2.45) is 0 Å².